The standard InChI is InChI=1S/C8H14O2.C7H12O2/c1-6(2)7(9)10-8(3,4)5;1-5-6(8)9-7(2,3)4/h1H2,2-5H3;5H,1H2,2-4H3. The van der Waals surface area contributed by atoms with E-state index in [9.17, 15) is 9.59 Å². The Morgan fingerprint density at radius 3 is 1.42 bits per heavy atom. The lowest BCUT2D eigenvalue weighted by Gasteiger charge is -2.19. The monoisotopic (exact) mass is 270 g/mol. The molecule has 0 rings (SSSR count). The van der Waals surface area contributed by atoms with Crippen LogP contribution in [0.3, 0.4) is 0 Å². The number of esters is 2. The zero-order chi connectivity index (χ0) is 15.9. The van der Waals surface area contributed by atoms with Crippen molar-refractivity contribution in [1.29, 1.82) is 0 Å². The fourth-order valence-electron chi connectivity index (χ4n) is 0.709. The lowest BCUT2D eigenvalue weighted by molar-refractivity contribution is -0.150. The minimum Gasteiger partial charge on any atom is -0.457 e. The highest BCUT2D eigenvalue weighted by molar-refractivity contribution is 5.87. The molecular weight excluding hydrogens is 244 g/mol. The molecule has 4 heteroatoms. The maximum atomic E-state index is 10.8. The average molecular weight is 270 g/mol. The van der Waals surface area contributed by atoms with Crippen molar-refractivity contribution in [2.24, 2.45) is 0 Å². The molecule has 0 unspecified atom stereocenters. The number of rotatable bonds is 2. The first-order valence-corrected chi connectivity index (χ1v) is 6.03. The van der Waals surface area contributed by atoms with Crippen molar-refractivity contribution >= 4 is 11.9 Å². The van der Waals surface area contributed by atoms with Crippen LogP contribution in [0.5, 0.6) is 0 Å². The van der Waals surface area contributed by atoms with Gasteiger partial charge in [0.2, 0.25) is 0 Å². The van der Waals surface area contributed by atoms with Gasteiger partial charge in [-0.05, 0) is 48.5 Å². The predicted octanol–water partition coefficient (Wildman–Crippen LogP) is 3.42. The first-order valence-electron chi connectivity index (χ1n) is 6.03. The third kappa shape index (κ3) is 16.4. The second kappa shape index (κ2) is 7.77. The van der Waals surface area contributed by atoms with E-state index in [1.165, 1.54) is 0 Å². The Hall–Kier alpha value is -1.58. The van der Waals surface area contributed by atoms with Crippen LogP contribution in [0.1, 0.15) is 48.5 Å². The average Bonchev–Trinajstić information content (AvgIpc) is 2.13. The van der Waals surface area contributed by atoms with Gasteiger partial charge < -0.3 is 9.47 Å². The van der Waals surface area contributed by atoms with Crippen molar-refractivity contribution in [3.05, 3.63) is 24.8 Å². The van der Waals surface area contributed by atoms with Crippen LogP contribution < -0.4 is 0 Å². The maximum Gasteiger partial charge on any atom is 0.333 e. The molecule has 0 saturated heterocycles. The molecule has 0 saturated carbocycles. The van der Waals surface area contributed by atoms with Crippen LogP contribution in [0.4, 0.5) is 0 Å². The van der Waals surface area contributed by atoms with Crippen molar-refractivity contribution in [2.45, 2.75) is 59.7 Å². The summed E-state index contributed by atoms with van der Waals surface area (Å²) in [6.45, 7) is 19.3. The van der Waals surface area contributed by atoms with Crippen LogP contribution in [0, 0.1) is 0 Å². The fraction of sp³-hybridized carbons (Fsp3) is 0.600. The molecule has 0 aliphatic rings. The SMILES string of the molecule is C=C(C)C(=O)OC(C)(C)C.C=CC(=O)OC(C)(C)C. The van der Waals surface area contributed by atoms with Gasteiger partial charge in [0.15, 0.2) is 0 Å². The zero-order valence-electron chi connectivity index (χ0n) is 13.1. The highest BCUT2D eigenvalue weighted by atomic mass is 16.6. The minimum atomic E-state index is -0.407. The van der Waals surface area contributed by atoms with E-state index < -0.39 is 11.2 Å². The normalized spacial score (nSPS) is 10.7. The molecule has 4 nitrogen and oxygen atoms in total. The van der Waals surface area contributed by atoms with Crippen LogP contribution in [0.15, 0.2) is 24.8 Å². The number of carbonyl (C=O) groups excluding carboxylic acids is 2. The van der Waals surface area contributed by atoms with Gasteiger partial charge in [0.25, 0.3) is 0 Å². The number of carbonyl (C=O) groups is 2. The van der Waals surface area contributed by atoms with Crippen molar-refractivity contribution in [2.75, 3.05) is 0 Å². The van der Waals surface area contributed by atoms with Gasteiger partial charge in [0.1, 0.15) is 11.2 Å². The summed E-state index contributed by atoms with van der Waals surface area (Å²) in [6.07, 6.45) is 1.16. The third-order valence-electron chi connectivity index (χ3n) is 1.32. The molecule has 0 aromatic carbocycles. The second-order valence-corrected chi connectivity index (χ2v) is 6.02. The van der Waals surface area contributed by atoms with Gasteiger partial charge in [-0.25, -0.2) is 9.59 Å². The summed E-state index contributed by atoms with van der Waals surface area (Å²) in [5, 5.41) is 0. The number of hydrogen-bond acceptors (Lipinski definition) is 4. The van der Waals surface area contributed by atoms with Gasteiger partial charge in [-0.2, -0.15) is 0 Å². The molecule has 0 radical (unpaired) electrons. The van der Waals surface area contributed by atoms with Gasteiger partial charge in [-0.3, -0.25) is 0 Å². The molecule has 110 valence electrons. The van der Waals surface area contributed by atoms with Crippen LogP contribution >= 0.6 is 0 Å². The van der Waals surface area contributed by atoms with E-state index in [0.717, 1.165) is 6.08 Å². The van der Waals surface area contributed by atoms with E-state index in [-0.39, 0.29) is 11.9 Å². The lowest BCUT2D eigenvalue weighted by Crippen LogP contribution is -2.23. The molecule has 0 amide bonds. The molecular formula is C15H26O4. The summed E-state index contributed by atoms with van der Waals surface area (Å²) < 4.78 is 9.79. The van der Waals surface area contributed by atoms with Crippen molar-refractivity contribution in [1.82, 2.24) is 0 Å². The number of hydrogen-bond donors (Lipinski definition) is 0. The molecule has 0 aromatic heterocycles. The Kier molecular flexibility index (Phi) is 8.08. The smallest absolute Gasteiger partial charge is 0.333 e. The molecule has 0 aromatic rings. The van der Waals surface area contributed by atoms with Crippen LogP contribution in [-0.4, -0.2) is 23.1 Å². The molecule has 0 spiro atoms. The van der Waals surface area contributed by atoms with E-state index >= 15 is 0 Å². The van der Waals surface area contributed by atoms with Gasteiger partial charge >= 0.3 is 11.9 Å². The third-order valence-corrected chi connectivity index (χ3v) is 1.32. The van der Waals surface area contributed by atoms with E-state index in [1.54, 1.807) is 6.92 Å². The molecule has 0 atom stereocenters. The van der Waals surface area contributed by atoms with Gasteiger partial charge in [0, 0.05) is 11.6 Å². The molecule has 0 fully saturated rings. The Bertz CT molecular complexity index is 340. The Balaban J connectivity index is 0. The molecule has 0 heterocycles. The van der Waals surface area contributed by atoms with Crippen molar-refractivity contribution in [3.63, 3.8) is 0 Å². The first-order chi connectivity index (χ1) is 8.28. The summed E-state index contributed by atoms with van der Waals surface area (Å²) in [7, 11) is 0. The Morgan fingerprint density at radius 1 is 0.947 bits per heavy atom. The van der Waals surface area contributed by atoms with E-state index in [0.29, 0.717) is 5.57 Å². The first kappa shape index (κ1) is 19.8. The van der Waals surface area contributed by atoms with Crippen molar-refractivity contribution in [3.8, 4) is 0 Å². The maximum absolute atomic E-state index is 10.8. The number of ether oxygens (including phenoxy) is 2. The molecule has 0 bridgehead atoms. The summed E-state index contributed by atoms with van der Waals surface area (Å²) in [6, 6.07) is 0. The Morgan fingerprint density at radius 2 is 1.32 bits per heavy atom. The fourth-order valence-corrected chi connectivity index (χ4v) is 0.709. The Labute approximate surface area is 116 Å². The van der Waals surface area contributed by atoms with Crippen LogP contribution in [0.25, 0.3) is 0 Å². The summed E-state index contributed by atoms with van der Waals surface area (Å²) in [5.41, 5.74) is -0.365. The molecule has 0 N–H and O–H groups in total. The van der Waals surface area contributed by atoms with Gasteiger partial charge in [-0.1, -0.05) is 13.2 Å². The van der Waals surface area contributed by atoms with Crippen molar-refractivity contribution < 1.29 is 19.1 Å². The highest BCUT2D eigenvalue weighted by Gasteiger charge is 2.15. The largest absolute Gasteiger partial charge is 0.457 e. The summed E-state index contributed by atoms with van der Waals surface area (Å²) >= 11 is 0. The molecule has 19 heavy (non-hydrogen) atoms. The quantitative estimate of drug-likeness (QED) is 0.570. The van der Waals surface area contributed by atoms with Crippen LogP contribution in [-0.2, 0) is 19.1 Å². The molecule has 0 aliphatic heterocycles. The summed E-state index contributed by atoms with van der Waals surface area (Å²) in [5.74, 6) is -0.699. The van der Waals surface area contributed by atoms with Gasteiger partial charge in [-0.15, -0.1) is 0 Å². The van der Waals surface area contributed by atoms with Crippen LogP contribution in [0.2, 0.25) is 0 Å². The molecule has 0 aliphatic carbocycles. The van der Waals surface area contributed by atoms with E-state index in [4.69, 9.17) is 9.47 Å². The van der Waals surface area contributed by atoms with E-state index in [1.807, 2.05) is 41.5 Å². The second-order valence-electron chi connectivity index (χ2n) is 6.02. The zero-order valence-corrected chi connectivity index (χ0v) is 13.1. The summed E-state index contributed by atoms with van der Waals surface area (Å²) in [4.78, 5) is 21.3. The highest BCUT2D eigenvalue weighted by Crippen LogP contribution is 2.09. The topological polar surface area (TPSA) is 52.6 Å². The van der Waals surface area contributed by atoms with E-state index in [2.05, 4.69) is 13.2 Å². The minimum absolute atomic E-state index is 0.326. The predicted molar refractivity (Wildman–Crippen MR) is 76.7 cm³/mol. The lowest BCUT2D eigenvalue weighted by atomic mass is 10.2. The van der Waals surface area contributed by atoms with Gasteiger partial charge in [0.05, 0.1) is 0 Å².